The average Bonchev–Trinajstić information content (AvgIpc) is 3.04. The molecule has 2 amide bonds. The molecule has 0 radical (unpaired) electrons. The zero-order chi connectivity index (χ0) is 23.5. The number of ether oxygens (including phenoxy) is 2. The Hall–Kier alpha value is -3.55. The van der Waals surface area contributed by atoms with E-state index in [4.69, 9.17) is 9.47 Å². The maximum absolute atomic E-state index is 12.6. The minimum atomic E-state index is -1.34. The van der Waals surface area contributed by atoms with Crippen LogP contribution in [0.1, 0.15) is 37.8 Å². The first kappa shape index (κ1) is 23.1. The molecule has 8 heteroatoms. The Bertz CT molecular complexity index is 968. The number of carbonyl (C=O) groups excluding carboxylic acids is 2. The third-order valence-electron chi connectivity index (χ3n) is 5.09. The summed E-state index contributed by atoms with van der Waals surface area (Å²) in [7, 11) is 1.42. The van der Waals surface area contributed by atoms with Crippen molar-refractivity contribution in [3.8, 4) is 11.1 Å². The summed E-state index contributed by atoms with van der Waals surface area (Å²) >= 11 is 0. The summed E-state index contributed by atoms with van der Waals surface area (Å²) in [5, 5.41) is 11.7. The van der Waals surface area contributed by atoms with Gasteiger partial charge in [-0.15, -0.1) is 0 Å². The van der Waals surface area contributed by atoms with Gasteiger partial charge in [-0.3, -0.25) is 0 Å². The van der Waals surface area contributed by atoms with E-state index in [9.17, 15) is 19.5 Å². The van der Waals surface area contributed by atoms with E-state index in [1.165, 1.54) is 7.05 Å². The average molecular weight is 440 g/mol. The van der Waals surface area contributed by atoms with Crippen LogP contribution in [0.4, 0.5) is 9.59 Å². The lowest BCUT2D eigenvalue weighted by Crippen LogP contribution is -2.50. The molecule has 0 aliphatic heterocycles. The molecule has 0 bridgehead atoms. The van der Waals surface area contributed by atoms with Gasteiger partial charge in [0, 0.05) is 13.0 Å². The topological polar surface area (TPSA) is 105 Å². The van der Waals surface area contributed by atoms with Gasteiger partial charge in [0.05, 0.1) is 6.54 Å². The zero-order valence-corrected chi connectivity index (χ0v) is 18.6. The van der Waals surface area contributed by atoms with Crippen LogP contribution in [0.2, 0.25) is 0 Å². The van der Waals surface area contributed by atoms with Crippen LogP contribution in [0, 0.1) is 0 Å². The lowest BCUT2D eigenvalue weighted by molar-refractivity contribution is -0.139. The number of carbonyl (C=O) groups is 3. The molecule has 1 aliphatic carbocycles. The number of rotatable bonds is 6. The second kappa shape index (κ2) is 9.30. The molecular formula is C24H28N2O6. The Morgan fingerprint density at radius 2 is 1.56 bits per heavy atom. The number of carboxylic acid groups (broad SMARTS) is 1. The number of likely N-dealkylation sites (N-methyl/N-ethyl adjacent to an activating group) is 1. The molecule has 0 spiro atoms. The van der Waals surface area contributed by atoms with Crippen molar-refractivity contribution in [3.63, 3.8) is 0 Å². The number of fused-ring (bicyclic) bond motifs is 3. The number of benzene rings is 2. The van der Waals surface area contributed by atoms with Gasteiger partial charge in [0.1, 0.15) is 18.2 Å². The lowest BCUT2D eigenvalue weighted by atomic mass is 9.98. The van der Waals surface area contributed by atoms with Crippen LogP contribution in [-0.4, -0.2) is 60.0 Å². The number of nitrogens with zero attached hydrogens (tertiary/aromatic N) is 1. The SMILES string of the molecule is CN(C[C@@H](NC(=O)OC(C)(C)C)C(=O)O)C(=O)OCC1c2ccccc2-c2ccccc21. The fourth-order valence-electron chi connectivity index (χ4n) is 3.69. The molecule has 1 atom stereocenters. The summed E-state index contributed by atoms with van der Waals surface area (Å²) in [6.07, 6.45) is -1.55. The summed E-state index contributed by atoms with van der Waals surface area (Å²) in [5.41, 5.74) is 3.62. The van der Waals surface area contributed by atoms with E-state index in [1.807, 2.05) is 48.5 Å². The van der Waals surface area contributed by atoms with Gasteiger partial charge in [0.2, 0.25) is 0 Å². The van der Waals surface area contributed by atoms with Gasteiger partial charge in [-0.1, -0.05) is 48.5 Å². The molecule has 0 fully saturated rings. The van der Waals surface area contributed by atoms with Gasteiger partial charge in [0.25, 0.3) is 0 Å². The first-order chi connectivity index (χ1) is 15.1. The van der Waals surface area contributed by atoms with Gasteiger partial charge in [0.15, 0.2) is 0 Å². The number of nitrogens with one attached hydrogen (secondary N) is 1. The van der Waals surface area contributed by atoms with Crippen molar-refractivity contribution in [1.82, 2.24) is 10.2 Å². The molecule has 2 aromatic rings. The summed E-state index contributed by atoms with van der Waals surface area (Å²) in [4.78, 5) is 37.2. The van der Waals surface area contributed by atoms with E-state index >= 15 is 0 Å². The summed E-state index contributed by atoms with van der Waals surface area (Å²) in [6.45, 7) is 4.86. The first-order valence-electron chi connectivity index (χ1n) is 10.3. The van der Waals surface area contributed by atoms with Crippen LogP contribution in [0.3, 0.4) is 0 Å². The molecule has 3 rings (SSSR count). The van der Waals surface area contributed by atoms with Crippen molar-refractivity contribution in [3.05, 3.63) is 59.7 Å². The predicted octanol–water partition coefficient (Wildman–Crippen LogP) is 3.85. The van der Waals surface area contributed by atoms with Crippen molar-refractivity contribution >= 4 is 18.2 Å². The Morgan fingerprint density at radius 1 is 1.03 bits per heavy atom. The number of amides is 2. The highest BCUT2D eigenvalue weighted by atomic mass is 16.6. The first-order valence-corrected chi connectivity index (χ1v) is 10.3. The molecule has 1 aliphatic rings. The number of hydrogen-bond donors (Lipinski definition) is 2. The van der Waals surface area contributed by atoms with Crippen molar-refractivity contribution in [2.75, 3.05) is 20.2 Å². The molecule has 0 aromatic heterocycles. The molecule has 0 saturated heterocycles. The van der Waals surface area contributed by atoms with E-state index in [1.54, 1.807) is 20.8 Å². The Kier molecular flexibility index (Phi) is 6.72. The minimum absolute atomic E-state index is 0.102. The lowest BCUT2D eigenvalue weighted by Gasteiger charge is -2.25. The molecule has 0 heterocycles. The molecule has 8 nitrogen and oxygen atoms in total. The van der Waals surface area contributed by atoms with Crippen LogP contribution in [-0.2, 0) is 14.3 Å². The van der Waals surface area contributed by atoms with E-state index < -0.39 is 29.8 Å². The van der Waals surface area contributed by atoms with Gasteiger partial charge in [-0.2, -0.15) is 0 Å². The molecular weight excluding hydrogens is 412 g/mol. The van der Waals surface area contributed by atoms with Gasteiger partial charge < -0.3 is 24.8 Å². The Morgan fingerprint density at radius 3 is 2.06 bits per heavy atom. The fourth-order valence-corrected chi connectivity index (χ4v) is 3.69. The van der Waals surface area contributed by atoms with Crippen molar-refractivity contribution in [2.45, 2.75) is 38.3 Å². The Labute approximate surface area is 187 Å². The Balaban J connectivity index is 1.62. The largest absolute Gasteiger partial charge is 0.480 e. The standard InChI is InChI=1S/C24H28N2O6/c1-24(2,3)32-22(29)25-20(21(27)28)13-26(4)23(30)31-14-19-17-11-7-5-9-15(17)16-10-6-8-12-18(16)19/h5-12,19-20H,13-14H2,1-4H3,(H,25,29)(H,27,28)/t20-/m1/s1. The molecule has 2 N–H and O–H groups in total. The van der Waals surface area contributed by atoms with Gasteiger partial charge >= 0.3 is 18.2 Å². The summed E-state index contributed by atoms with van der Waals surface area (Å²) < 4.78 is 10.6. The highest BCUT2D eigenvalue weighted by Crippen LogP contribution is 2.44. The highest BCUT2D eigenvalue weighted by molar-refractivity contribution is 5.81. The maximum atomic E-state index is 12.6. The number of carboxylic acids is 1. The van der Waals surface area contributed by atoms with Crippen molar-refractivity contribution < 1.29 is 29.0 Å². The molecule has 0 saturated carbocycles. The normalized spacial score (nSPS) is 13.5. The van der Waals surface area contributed by atoms with Gasteiger partial charge in [-0.05, 0) is 43.0 Å². The maximum Gasteiger partial charge on any atom is 0.409 e. The second-order valence-electron chi connectivity index (χ2n) is 8.72. The minimum Gasteiger partial charge on any atom is -0.480 e. The van der Waals surface area contributed by atoms with Crippen molar-refractivity contribution in [2.24, 2.45) is 0 Å². The van der Waals surface area contributed by atoms with Crippen LogP contribution < -0.4 is 5.32 Å². The monoisotopic (exact) mass is 440 g/mol. The number of aliphatic carboxylic acids is 1. The third kappa shape index (κ3) is 5.38. The summed E-state index contributed by atoms with van der Waals surface area (Å²) in [6, 6.07) is 14.6. The van der Waals surface area contributed by atoms with Crippen LogP contribution in [0.25, 0.3) is 11.1 Å². The molecule has 32 heavy (non-hydrogen) atoms. The highest BCUT2D eigenvalue weighted by Gasteiger charge is 2.31. The quantitative estimate of drug-likeness (QED) is 0.707. The third-order valence-corrected chi connectivity index (χ3v) is 5.09. The van der Waals surface area contributed by atoms with Gasteiger partial charge in [-0.25, -0.2) is 14.4 Å². The van der Waals surface area contributed by atoms with E-state index in [0.717, 1.165) is 27.2 Å². The fraction of sp³-hybridized carbons (Fsp3) is 0.375. The smallest absolute Gasteiger partial charge is 0.409 e. The summed E-state index contributed by atoms with van der Waals surface area (Å²) in [5.74, 6) is -1.39. The molecule has 0 unspecified atom stereocenters. The van der Waals surface area contributed by atoms with E-state index in [-0.39, 0.29) is 19.1 Å². The van der Waals surface area contributed by atoms with Crippen LogP contribution in [0.5, 0.6) is 0 Å². The predicted molar refractivity (Wildman–Crippen MR) is 118 cm³/mol. The van der Waals surface area contributed by atoms with E-state index in [2.05, 4.69) is 5.32 Å². The number of alkyl carbamates (subject to hydrolysis) is 1. The van der Waals surface area contributed by atoms with E-state index in [0.29, 0.717) is 0 Å². The van der Waals surface area contributed by atoms with Crippen LogP contribution in [0.15, 0.2) is 48.5 Å². The van der Waals surface area contributed by atoms with Crippen molar-refractivity contribution in [1.29, 1.82) is 0 Å². The molecule has 170 valence electrons. The second-order valence-corrected chi connectivity index (χ2v) is 8.72. The number of hydrogen-bond acceptors (Lipinski definition) is 5. The molecule has 2 aromatic carbocycles. The zero-order valence-electron chi connectivity index (χ0n) is 18.6. The van der Waals surface area contributed by atoms with Crippen LogP contribution >= 0.6 is 0 Å².